The van der Waals surface area contributed by atoms with E-state index >= 15 is 0 Å². The van der Waals surface area contributed by atoms with Crippen LogP contribution in [-0.2, 0) is 12.8 Å². The van der Waals surface area contributed by atoms with E-state index in [0.29, 0.717) is 6.04 Å². The van der Waals surface area contributed by atoms with Crippen LogP contribution in [0, 0.1) is 5.92 Å². The fourth-order valence-corrected chi connectivity index (χ4v) is 5.21. The zero-order chi connectivity index (χ0) is 15.8. The molecule has 0 radical (unpaired) electrons. The number of nitrogens with one attached hydrogen (secondary N) is 1. The first-order chi connectivity index (χ1) is 11.2. The van der Waals surface area contributed by atoms with Crippen LogP contribution in [0.4, 0.5) is 0 Å². The van der Waals surface area contributed by atoms with Gasteiger partial charge in [-0.2, -0.15) is 0 Å². The summed E-state index contributed by atoms with van der Waals surface area (Å²) in [6, 6.07) is 0.899. The molecule has 4 nitrogen and oxygen atoms in total. The maximum absolute atomic E-state index is 4.95. The lowest BCUT2D eigenvalue weighted by molar-refractivity contribution is 0.210. The van der Waals surface area contributed by atoms with Crippen LogP contribution in [0.1, 0.15) is 67.6 Å². The second-order valence-electron chi connectivity index (χ2n) is 7.50. The van der Waals surface area contributed by atoms with E-state index in [2.05, 4.69) is 24.1 Å². The predicted octanol–water partition coefficient (Wildman–Crippen LogP) is 4.15. The predicted molar refractivity (Wildman–Crippen MR) is 112 cm³/mol. The van der Waals surface area contributed by atoms with Gasteiger partial charge in [0.2, 0.25) is 0 Å². The van der Waals surface area contributed by atoms with Crippen molar-refractivity contribution in [2.24, 2.45) is 10.9 Å². The number of aryl methyl sites for hydroxylation is 2. The van der Waals surface area contributed by atoms with Gasteiger partial charge in [0.25, 0.3) is 0 Å². The zero-order valence-electron chi connectivity index (χ0n) is 14.8. The Bertz CT molecular complexity index is 576. The van der Waals surface area contributed by atoms with Gasteiger partial charge in [-0.1, -0.05) is 13.3 Å². The molecule has 0 bridgehead atoms. The molecule has 0 spiro atoms. The molecule has 0 amide bonds. The fraction of sp³-hybridized carbons (Fsp3) is 0.778. The van der Waals surface area contributed by atoms with Crippen molar-refractivity contribution in [3.63, 3.8) is 0 Å². The van der Waals surface area contributed by atoms with E-state index in [0.717, 1.165) is 25.0 Å². The van der Waals surface area contributed by atoms with Crippen LogP contribution in [-0.4, -0.2) is 35.0 Å². The maximum Gasteiger partial charge on any atom is 0.194 e. The van der Waals surface area contributed by atoms with E-state index in [9.17, 15) is 0 Å². The van der Waals surface area contributed by atoms with Crippen LogP contribution in [0.25, 0.3) is 0 Å². The molecule has 1 aromatic heterocycles. The van der Waals surface area contributed by atoms with Crippen molar-refractivity contribution in [1.29, 1.82) is 0 Å². The normalized spacial score (nSPS) is 27.4. The number of aliphatic imine (C=N–C) groups is 1. The first-order valence-electron chi connectivity index (χ1n) is 9.27. The van der Waals surface area contributed by atoms with Crippen molar-refractivity contribution in [3.8, 4) is 0 Å². The molecule has 24 heavy (non-hydrogen) atoms. The Kier molecular flexibility index (Phi) is 6.06. The average Bonchev–Trinajstić information content (AvgIpc) is 3.06. The van der Waals surface area contributed by atoms with E-state index < -0.39 is 0 Å². The van der Waals surface area contributed by atoms with Crippen LogP contribution in [0.15, 0.2) is 4.99 Å². The lowest BCUT2D eigenvalue weighted by Crippen LogP contribution is -2.48. The Hall–Kier alpha value is -0.370. The standard InChI is InChI=1S/C18H28N4S.HI/c1-12-8-9-14-10-19-18(22(14)11-12)20-13(2)17-21-15-6-4-3-5-7-16(15)23-17;/h12-14H,3-11H2,1-2H3,(H,19,20);1H. The van der Waals surface area contributed by atoms with Crippen LogP contribution < -0.4 is 5.32 Å². The summed E-state index contributed by atoms with van der Waals surface area (Å²) < 4.78 is 0. The largest absolute Gasteiger partial charge is 0.347 e. The fourth-order valence-electron chi connectivity index (χ4n) is 4.06. The molecule has 0 saturated carbocycles. The highest BCUT2D eigenvalue weighted by molar-refractivity contribution is 14.0. The van der Waals surface area contributed by atoms with E-state index in [-0.39, 0.29) is 30.0 Å². The molecule has 6 heteroatoms. The number of halogens is 1. The summed E-state index contributed by atoms with van der Waals surface area (Å²) in [4.78, 5) is 13.8. The maximum atomic E-state index is 4.95. The zero-order valence-corrected chi connectivity index (χ0v) is 17.9. The Morgan fingerprint density at radius 1 is 1.21 bits per heavy atom. The van der Waals surface area contributed by atoms with Crippen molar-refractivity contribution in [3.05, 3.63) is 15.6 Å². The van der Waals surface area contributed by atoms with Crippen LogP contribution in [0.2, 0.25) is 0 Å². The van der Waals surface area contributed by atoms with Gasteiger partial charge >= 0.3 is 0 Å². The smallest absolute Gasteiger partial charge is 0.194 e. The second kappa shape index (κ2) is 7.89. The summed E-state index contributed by atoms with van der Waals surface area (Å²) in [5.74, 6) is 1.89. The highest BCUT2D eigenvalue weighted by atomic mass is 127. The van der Waals surface area contributed by atoms with Gasteiger partial charge in [-0.25, -0.2) is 4.98 Å². The quantitative estimate of drug-likeness (QED) is 0.533. The Labute approximate surface area is 166 Å². The molecule has 3 atom stereocenters. The molecule has 3 aliphatic rings. The molecule has 1 fully saturated rings. The minimum atomic E-state index is 0. The van der Waals surface area contributed by atoms with Gasteiger partial charge in [0.05, 0.1) is 24.3 Å². The monoisotopic (exact) mass is 460 g/mol. The first-order valence-corrected chi connectivity index (χ1v) is 10.1. The summed E-state index contributed by atoms with van der Waals surface area (Å²) in [6.07, 6.45) is 9.03. The minimum absolute atomic E-state index is 0. The SMILES string of the molecule is CC1CCC2CN=C(NC(C)c3nc4c(s3)CCCCC4)N2C1.I. The molecule has 2 aliphatic heterocycles. The molecule has 1 aliphatic carbocycles. The van der Waals surface area contributed by atoms with E-state index in [1.807, 2.05) is 11.3 Å². The van der Waals surface area contributed by atoms with Crippen LogP contribution in [0.3, 0.4) is 0 Å². The summed E-state index contributed by atoms with van der Waals surface area (Å²) in [6.45, 7) is 6.71. The molecule has 3 unspecified atom stereocenters. The van der Waals surface area contributed by atoms with Gasteiger partial charge in [0.15, 0.2) is 5.96 Å². The number of hydrogen-bond donors (Lipinski definition) is 1. The topological polar surface area (TPSA) is 40.5 Å². The second-order valence-corrected chi connectivity index (χ2v) is 8.62. The molecular weight excluding hydrogens is 431 g/mol. The van der Waals surface area contributed by atoms with E-state index in [1.165, 1.54) is 60.5 Å². The number of hydrogen-bond acceptors (Lipinski definition) is 5. The number of rotatable bonds is 2. The average molecular weight is 460 g/mol. The lowest BCUT2D eigenvalue weighted by Gasteiger charge is -2.36. The summed E-state index contributed by atoms with van der Waals surface area (Å²) in [5, 5.41) is 4.91. The first kappa shape index (κ1) is 18.4. The number of thiazole rings is 1. The lowest BCUT2D eigenvalue weighted by atomic mass is 9.95. The van der Waals surface area contributed by atoms with Gasteiger partial charge in [-0.05, 0) is 51.4 Å². The summed E-state index contributed by atoms with van der Waals surface area (Å²) in [7, 11) is 0. The number of nitrogens with zero attached hydrogens (tertiary/aromatic N) is 3. The van der Waals surface area contributed by atoms with Crippen molar-refractivity contribution < 1.29 is 0 Å². The van der Waals surface area contributed by atoms with Crippen molar-refractivity contribution in [2.45, 2.75) is 70.9 Å². The highest BCUT2D eigenvalue weighted by Crippen LogP contribution is 2.30. The molecule has 1 N–H and O–H groups in total. The summed E-state index contributed by atoms with van der Waals surface area (Å²) in [5.41, 5.74) is 1.37. The van der Waals surface area contributed by atoms with Crippen molar-refractivity contribution in [2.75, 3.05) is 13.1 Å². The Morgan fingerprint density at radius 3 is 2.92 bits per heavy atom. The summed E-state index contributed by atoms with van der Waals surface area (Å²) >= 11 is 1.92. The van der Waals surface area contributed by atoms with Crippen molar-refractivity contribution in [1.82, 2.24) is 15.2 Å². The number of fused-ring (bicyclic) bond motifs is 2. The molecule has 1 saturated heterocycles. The van der Waals surface area contributed by atoms with Crippen LogP contribution >= 0.6 is 35.3 Å². The molecule has 0 aromatic carbocycles. The third-order valence-corrected chi connectivity index (χ3v) is 6.83. The Morgan fingerprint density at radius 2 is 2.04 bits per heavy atom. The Balaban J connectivity index is 0.00000169. The molecule has 1 aromatic rings. The van der Waals surface area contributed by atoms with Crippen molar-refractivity contribution >= 4 is 41.3 Å². The highest BCUT2D eigenvalue weighted by Gasteiger charge is 2.33. The molecule has 3 heterocycles. The third-order valence-electron chi connectivity index (χ3n) is 5.49. The molecule has 4 rings (SSSR count). The molecule has 134 valence electrons. The minimum Gasteiger partial charge on any atom is -0.347 e. The number of guanidine groups is 1. The van der Waals surface area contributed by atoms with E-state index in [4.69, 9.17) is 9.98 Å². The molecular formula is C18H29IN4S. The van der Waals surface area contributed by atoms with Gasteiger partial charge in [-0.3, -0.25) is 4.99 Å². The van der Waals surface area contributed by atoms with E-state index in [1.54, 1.807) is 0 Å². The van der Waals surface area contributed by atoms with Gasteiger partial charge in [-0.15, -0.1) is 35.3 Å². The third kappa shape index (κ3) is 3.74. The van der Waals surface area contributed by atoms with Crippen LogP contribution in [0.5, 0.6) is 0 Å². The number of piperidine rings is 1. The number of aromatic nitrogens is 1. The van der Waals surface area contributed by atoms with Gasteiger partial charge < -0.3 is 10.2 Å². The van der Waals surface area contributed by atoms with Gasteiger partial charge in [0.1, 0.15) is 5.01 Å². The van der Waals surface area contributed by atoms with Gasteiger partial charge in [0, 0.05) is 11.4 Å².